The number of carbonyl (C=O) groups excluding carboxylic acids is 1. The predicted octanol–water partition coefficient (Wildman–Crippen LogP) is 2.41. The molecule has 1 fully saturated rings. The molecule has 0 bridgehead atoms. The van der Waals surface area contributed by atoms with Crippen molar-refractivity contribution in [1.29, 1.82) is 0 Å². The van der Waals surface area contributed by atoms with Gasteiger partial charge in [-0.1, -0.05) is 13.0 Å². The molecule has 0 heterocycles. The minimum Gasteiger partial charge on any atom is -0.481 e. The Balaban J connectivity index is 2.62. The zero-order valence-electron chi connectivity index (χ0n) is 9.16. The number of aliphatic carboxylic acids is 1. The molecule has 1 N–H and O–H groups in total. The largest absolute Gasteiger partial charge is 0.481 e. The highest BCUT2D eigenvalue weighted by Gasteiger charge is 2.39. The van der Waals surface area contributed by atoms with Crippen molar-refractivity contribution in [1.82, 2.24) is 0 Å². The molecule has 1 aliphatic rings. The Labute approximate surface area is 90.2 Å². The van der Waals surface area contributed by atoms with Crippen molar-refractivity contribution in [3.63, 3.8) is 0 Å². The van der Waals surface area contributed by atoms with Gasteiger partial charge in [0.15, 0.2) is 0 Å². The average Bonchev–Trinajstić information content (AvgIpc) is 2.11. The summed E-state index contributed by atoms with van der Waals surface area (Å²) in [5, 5.41) is 8.75. The summed E-state index contributed by atoms with van der Waals surface area (Å²) in [5.74, 6) is -0.409. The summed E-state index contributed by atoms with van der Waals surface area (Å²) in [6, 6.07) is 0. The monoisotopic (exact) mass is 210 g/mol. The first-order valence-corrected chi connectivity index (χ1v) is 5.34. The van der Waals surface area contributed by atoms with Crippen LogP contribution in [0.3, 0.4) is 0 Å². The number of ketones is 1. The highest BCUT2D eigenvalue weighted by Crippen LogP contribution is 2.39. The highest BCUT2D eigenvalue weighted by molar-refractivity contribution is 5.89. The van der Waals surface area contributed by atoms with Crippen molar-refractivity contribution >= 4 is 11.8 Å². The Kier molecular flexibility index (Phi) is 3.66. The fourth-order valence-electron chi connectivity index (χ4n) is 2.23. The molecular formula is C12H18O3. The summed E-state index contributed by atoms with van der Waals surface area (Å²) in [6.45, 7) is 5.43. The molecule has 0 saturated heterocycles. The molecule has 1 aliphatic carbocycles. The fourth-order valence-corrected chi connectivity index (χ4v) is 2.23. The number of carboxylic acid groups (broad SMARTS) is 1. The number of rotatable bonds is 4. The van der Waals surface area contributed by atoms with Crippen LogP contribution in [0.4, 0.5) is 0 Å². The molecule has 1 saturated carbocycles. The number of hydrogen-bond donors (Lipinski definition) is 1. The van der Waals surface area contributed by atoms with E-state index in [1.165, 1.54) is 0 Å². The van der Waals surface area contributed by atoms with Gasteiger partial charge < -0.3 is 5.11 Å². The normalized spacial score (nSPS) is 31.3. The van der Waals surface area contributed by atoms with E-state index in [1.54, 1.807) is 6.92 Å². The van der Waals surface area contributed by atoms with Crippen LogP contribution in [0, 0.1) is 11.3 Å². The van der Waals surface area contributed by atoms with Gasteiger partial charge in [-0.15, -0.1) is 6.58 Å². The van der Waals surface area contributed by atoms with Gasteiger partial charge >= 0.3 is 5.97 Å². The third-order valence-electron chi connectivity index (χ3n) is 3.29. The maximum absolute atomic E-state index is 11.8. The van der Waals surface area contributed by atoms with Crippen LogP contribution in [0.5, 0.6) is 0 Å². The fraction of sp³-hybridized carbons (Fsp3) is 0.667. The second-order valence-electron chi connectivity index (χ2n) is 4.69. The van der Waals surface area contributed by atoms with Gasteiger partial charge in [-0.2, -0.15) is 0 Å². The summed E-state index contributed by atoms with van der Waals surface area (Å²) in [5.41, 5.74) is -0.635. The van der Waals surface area contributed by atoms with Crippen LogP contribution < -0.4 is 0 Å². The number of carboxylic acids is 1. The van der Waals surface area contributed by atoms with E-state index in [1.807, 2.05) is 6.08 Å². The van der Waals surface area contributed by atoms with E-state index >= 15 is 0 Å². The molecule has 0 amide bonds. The average molecular weight is 210 g/mol. The molecular weight excluding hydrogens is 192 g/mol. The summed E-state index contributed by atoms with van der Waals surface area (Å²) in [6.07, 6.45) is 4.79. The van der Waals surface area contributed by atoms with Crippen LogP contribution in [-0.4, -0.2) is 16.9 Å². The van der Waals surface area contributed by atoms with Crippen molar-refractivity contribution in [2.24, 2.45) is 11.3 Å². The summed E-state index contributed by atoms with van der Waals surface area (Å²) >= 11 is 0. The predicted molar refractivity (Wildman–Crippen MR) is 57.5 cm³/mol. The quantitative estimate of drug-likeness (QED) is 0.725. The van der Waals surface area contributed by atoms with Gasteiger partial charge in [-0.05, 0) is 25.2 Å². The Morgan fingerprint density at radius 3 is 2.87 bits per heavy atom. The van der Waals surface area contributed by atoms with Crippen LogP contribution in [0.1, 0.15) is 39.0 Å². The lowest BCUT2D eigenvalue weighted by Crippen LogP contribution is -2.36. The number of hydrogen-bond acceptors (Lipinski definition) is 2. The van der Waals surface area contributed by atoms with E-state index in [9.17, 15) is 9.59 Å². The van der Waals surface area contributed by atoms with E-state index in [0.717, 1.165) is 12.8 Å². The summed E-state index contributed by atoms with van der Waals surface area (Å²) in [7, 11) is 0. The molecule has 0 aromatic rings. The minimum atomic E-state index is -0.881. The van der Waals surface area contributed by atoms with Crippen molar-refractivity contribution in [3.05, 3.63) is 12.7 Å². The van der Waals surface area contributed by atoms with Gasteiger partial charge in [0.25, 0.3) is 0 Å². The molecule has 3 heteroatoms. The lowest BCUT2D eigenvalue weighted by Gasteiger charge is -2.34. The van der Waals surface area contributed by atoms with Crippen molar-refractivity contribution in [3.8, 4) is 0 Å². The Morgan fingerprint density at radius 1 is 1.73 bits per heavy atom. The number of carbonyl (C=O) groups is 2. The second-order valence-corrected chi connectivity index (χ2v) is 4.69. The first-order chi connectivity index (χ1) is 6.98. The van der Waals surface area contributed by atoms with Crippen LogP contribution in [0.15, 0.2) is 12.7 Å². The van der Waals surface area contributed by atoms with E-state index in [4.69, 9.17) is 5.11 Å². The molecule has 0 radical (unpaired) electrons. The second kappa shape index (κ2) is 4.60. The Hall–Kier alpha value is -1.12. The van der Waals surface area contributed by atoms with Gasteiger partial charge in [0, 0.05) is 11.8 Å². The van der Waals surface area contributed by atoms with E-state index in [2.05, 4.69) is 6.58 Å². The van der Waals surface area contributed by atoms with Crippen LogP contribution in [0.2, 0.25) is 0 Å². The maximum atomic E-state index is 11.8. The number of allylic oxidation sites excluding steroid dienone is 1. The first-order valence-electron chi connectivity index (χ1n) is 5.34. The Morgan fingerprint density at radius 2 is 2.40 bits per heavy atom. The Bertz CT molecular complexity index is 283. The van der Waals surface area contributed by atoms with Gasteiger partial charge in [0.1, 0.15) is 5.78 Å². The summed E-state index contributed by atoms with van der Waals surface area (Å²) in [4.78, 5) is 22.5. The molecule has 84 valence electrons. The van der Waals surface area contributed by atoms with Crippen molar-refractivity contribution in [2.75, 3.05) is 0 Å². The first kappa shape index (κ1) is 12.0. The van der Waals surface area contributed by atoms with Crippen molar-refractivity contribution in [2.45, 2.75) is 39.0 Å². The third-order valence-corrected chi connectivity index (χ3v) is 3.29. The van der Waals surface area contributed by atoms with Crippen LogP contribution >= 0.6 is 0 Å². The van der Waals surface area contributed by atoms with E-state index < -0.39 is 11.4 Å². The lowest BCUT2D eigenvalue weighted by molar-refractivity contribution is -0.146. The zero-order chi connectivity index (χ0) is 11.5. The maximum Gasteiger partial charge on any atom is 0.304 e. The highest BCUT2D eigenvalue weighted by atomic mass is 16.4. The van der Waals surface area contributed by atoms with Gasteiger partial charge in [0.2, 0.25) is 0 Å². The summed E-state index contributed by atoms with van der Waals surface area (Å²) < 4.78 is 0. The number of Topliss-reactive ketones (excluding diaryl/α,β-unsaturated/α-hetero) is 1. The van der Waals surface area contributed by atoms with E-state index in [0.29, 0.717) is 18.8 Å². The van der Waals surface area contributed by atoms with Gasteiger partial charge in [-0.3, -0.25) is 9.59 Å². The molecule has 1 rings (SSSR count). The molecule has 15 heavy (non-hydrogen) atoms. The minimum absolute atomic E-state index is 0.0351. The molecule has 2 atom stereocenters. The van der Waals surface area contributed by atoms with Crippen molar-refractivity contribution < 1.29 is 14.7 Å². The molecule has 3 nitrogen and oxygen atoms in total. The molecule has 2 unspecified atom stereocenters. The van der Waals surface area contributed by atoms with Crippen LogP contribution in [0.25, 0.3) is 0 Å². The topological polar surface area (TPSA) is 54.4 Å². The smallest absolute Gasteiger partial charge is 0.304 e. The van der Waals surface area contributed by atoms with Gasteiger partial charge in [-0.25, -0.2) is 0 Å². The third kappa shape index (κ3) is 2.91. The SMILES string of the molecule is C=CCC1CCC(C)(CC(=O)O)C(=O)C1. The lowest BCUT2D eigenvalue weighted by atomic mass is 9.68. The molecule has 0 aliphatic heterocycles. The van der Waals surface area contributed by atoms with E-state index in [-0.39, 0.29) is 12.2 Å². The standard InChI is InChI=1S/C12H18O3/c1-3-4-9-5-6-12(2,8-11(14)15)10(13)7-9/h3,9H,1,4-8H2,2H3,(H,14,15). The van der Waals surface area contributed by atoms with Gasteiger partial charge in [0.05, 0.1) is 6.42 Å². The molecule has 0 aromatic heterocycles. The zero-order valence-corrected chi connectivity index (χ0v) is 9.16. The molecule has 0 aromatic carbocycles. The van der Waals surface area contributed by atoms with Crippen LogP contribution in [-0.2, 0) is 9.59 Å². The molecule has 0 spiro atoms.